The Morgan fingerprint density at radius 2 is 1.87 bits per heavy atom. The lowest BCUT2D eigenvalue weighted by Crippen LogP contribution is -2.72. The SMILES string of the molecule is CC(C)(C)c1ccc(C(=O)NCC(=O)N2CCC23COC3)cc1. The molecular formula is C18H24N2O3. The lowest BCUT2D eigenvalue weighted by atomic mass is 9.82. The van der Waals surface area contributed by atoms with Crippen molar-refractivity contribution < 1.29 is 14.3 Å². The van der Waals surface area contributed by atoms with Crippen LogP contribution in [-0.2, 0) is 14.9 Å². The van der Waals surface area contributed by atoms with Gasteiger partial charge in [-0.2, -0.15) is 0 Å². The van der Waals surface area contributed by atoms with E-state index in [1.165, 1.54) is 5.56 Å². The van der Waals surface area contributed by atoms with E-state index < -0.39 is 0 Å². The lowest BCUT2D eigenvalue weighted by molar-refractivity contribution is -0.199. The number of benzene rings is 1. The van der Waals surface area contributed by atoms with Crippen LogP contribution in [0.25, 0.3) is 0 Å². The van der Waals surface area contributed by atoms with Crippen molar-refractivity contribution in [3.63, 3.8) is 0 Å². The molecule has 23 heavy (non-hydrogen) atoms. The molecule has 0 aliphatic carbocycles. The number of carbonyl (C=O) groups is 2. The molecule has 124 valence electrons. The van der Waals surface area contributed by atoms with Crippen molar-refractivity contribution in [1.29, 1.82) is 0 Å². The molecule has 5 nitrogen and oxygen atoms in total. The average molecular weight is 316 g/mol. The van der Waals surface area contributed by atoms with E-state index in [9.17, 15) is 9.59 Å². The summed E-state index contributed by atoms with van der Waals surface area (Å²) < 4.78 is 5.21. The Morgan fingerprint density at radius 1 is 1.22 bits per heavy atom. The minimum Gasteiger partial charge on any atom is -0.376 e. The van der Waals surface area contributed by atoms with Crippen molar-refractivity contribution in [2.45, 2.75) is 38.1 Å². The smallest absolute Gasteiger partial charge is 0.251 e. The van der Waals surface area contributed by atoms with E-state index in [0.29, 0.717) is 18.8 Å². The molecule has 1 aromatic rings. The molecular weight excluding hydrogens is 292 g/mol. The zero-order valence-corrected chi connectivity index (χ0v) is 14.0. The second-order valence-corrected chi connectivity index (χ2v) is 7.52. The first kappa shape index (κ1) is 16.0. The van der Waals surface area contributed by atoms with Gasteiger partial charge >= 0.3 is 0 Å². The van der Waals surface area contributed by atoms with Crippen LogP contribution in [0.1, 0.15) is 43.1 Å². The highest BCUT2D eigenvalue weighted by molar-refractivity contribution is 5.96. The lowest BCUT2D eigenvalue weighted by Gasteiger charge is -2.57. The fourth-order valence-corrected chi connectivity index (χ4v) is 3.04. The molecule has 0 radical (unpaired) electrons. The van der Waals surface area contributed by atoms with E-state index >= 15 is 0 Å². The van der Waals surface area contributed by atoms with Crippen LogP contribution in [0, 0.1) is 0 Å². The van der Waals surface area contributed by atoms with Crippen LogP contribution in [-0.4, -0.2) is 48.6 Å². The zero-order valence-electron chi connectivity index (χ0n) is 14.0. The van der Waals surface area contributed by atoms with E-state index in [1.54, 1.807) is 0 Å². The molecule has 0 aromatic heterocycles. The van der Waals surface area contributed by atoms with Gasteiger partial charge in [-0.25, -0.2) is 0 Å². The average Bonchev–Trinajstić information content (AvgIpc) is 2.41. The number of likely N-dealkylation sites (tertiary alicyclic amines) is 1. The monoisotopic (exact) mass is 316 g/mol. The third kappa shape index (κ3) is 2.98. The van der Waals surface area contributed by atoms with Crippen molar-refractivity contribution in [3.8, 4) is 0 Å². The first-order valence-corrected chi connectivity index (χ1v) is 8.09. The van der Waals surface area contributed by atoms with Crippen LogP contribution < -0.4 is 5.32 Å². The van der Waals surface area contributed by atoms with Crippen molar-refractivity contribution in [2.75, 3.05) is 26.3 Å². The van der Waals surface area contributed by atoms with Gasteiger partial charge in [0.2, 0.25) is 5.91 Å². The molecule has 1 N–H and O–H groups in total. The Hall–Kier alpha value is -1.88. The molecule has 2 aliphatic rings. The minimum atomic E-state index is -0.210. The first-order chi connectivity index (χ1) is 10.8. The fraction of sp³-hybridized carbons (Fsp3) is 0.556. The molecule has 2 amide bonds. The highest BCUT2D eigenvalue weighted by Gasteiger charge is 2.52. The van der Waals surface area contributed by atoms with E-state index in [-0.39, 0.29) is 29.3 Å². The Bertz CT molecular complexity index is 607. The Balaban J connectivity index is 1.54. The van der Waals surface area contributed by atoms with Crippen molar-refractivity contribution in [2.24, 2.45) is 0 Å². The standard InChI is InChI=1S/C18H24N2O3/c1-17(2,3)14-6-4-13(5-7-14)16(22)19-10-15(21)20-9-8-18(20)11-23-12-18/h4-7H,8-12H2,1-3H3,(H,19,22). The summed E-state index contributed by atoms with van der Waals surface area (Å²) in [6.07, 6.45) is 1.00. The Kier molecular flexibility index (Phi) is 3.92. The summed E-state index contributed by atoms with van der Waals surface area (Å²) in [5, 5.41) is 2.72. The Morgan fingerprint density at radius 3 is 2.30 bits per heavy atom. The summed E-state index contributed by atoms with van der Waals surface area (Å²) in [6, 6.07) is 7.55. The molecule has 2 saturated heterocycles. The number of hydrogen-bond donors (Lipinski definition) is 1. The second kappa shape index (κ2) is 5.64. The number of carbonyl (C=O) groups excluding carboxylic acids is 2. The summed E-state index contributed by atoms with van der Waals surface area (Å²) in [5.74, 6) is -0.238. The molecule has 2 heterocycles. The summed E-state index contributed by atoms with van der Waals surface area (Å²) >= 11 is 0. The van der Waals surface area contributed by atoms with Crippen molar-refractivity contribution in [3.05, 3.63) is 35.4 Å². The third-order valence-corrected chi connectivity index (χ3v) is 4.83. The van der Waals surface area contributed by atoms with Gasteiger partial charge in [-0.05, 0) is 29.5 Å². The number of hydrogen-bond acceptors (Lipinski definition) is 3. The zero-order chi connectivity index (χ0) is 16.7. The predicted octanol–water partition coefficient (Wildman–Crippen LogP) is 1.72. The largest absolute Gasteiger partial charge is 0.376 e. The molecule has 3 rings (SSSR count). The molecule has 1 spiro atoms. The van der Waals surface area contributed by atoms with Crippen LogP contribution in [0.2, 0.25) is 0 Å². The van der Waals surface area contributed by atoms with Gasteiger partial charge in [0.05, 0.1) is 25.3 Å². The fourth-order valence-electron chi connectivity index (χ4n) is 3.04. The highest BCUT2D eigenvalue weighted by atomic mass is 16.5. The van der Waals surface area contributed by atoms with Gasteiger partial charge in [0.15, 0.2) is 0 Å². The van der Waals surface area contributed by atoms with E-state index in [1.807, 2.05) is 29.2 Å². The topological polar surface area (TPSA) is 58.6 Å². The van der Waals surface area contributed by atoms with Crippen LogP contribution in [0.15, 0.2) is 24.3 Å². The molecule has 0 saturated carbocycles. The molecule has 2 fully saturated rings. The molecule has 0 unspecified atom stereocenters. The molecule has 5 heteroatoms. The number of nitrogens with one attached hydrogen (secondary N) is 1. The maximum absolute atomic E-state index is 12.2. The van der Waals surface area contributed by atoms with Crippen LogP contribution in [0.5, 0.6) is 0 Å². The van der Waals surface area contributed by atoms with E-state index in [0.717, 1.165) is 13.0 Å². The van der Waals surface area contributed by atoms with Crippen LogP contribution in [0.4, 0.5) is 0 Å². The van der Waals surface area contributed by atoms with E-state index in [4.69, 9.17) is 4.74 Å². The van der Waals surface area contributed by atoms with Gasteiger partial charge in [0, 0.05) is 12.1 Å². The Labute approximate surface area is 137 Å². The summed E-state index contributed by atoms with van der Waals surface area (Å²) in [6.45, 7) is 8.46. The maximum Gasteiger partial charge on any atom is 0.251 e. The van der Waals surface area contributed by atoms with Crippen molar-refractivity contribution >= 4 is 11.8 Å². The summed E-state index contributed by atoms with van der Waals surface area (Å²) in [4.78, 5) is 26.2. The van der Waals surface area contributed by atoms with Crippen molar-refractivity contribution in [1.82, 2.24) is 10.2 Å². The van der Waals surface area contributed by atoms with Gasteiger partial charge in [0.1, 0.15) is 0 Å². The normalized spacial score (nSPS) is 19.0. The molecule has 0 bridgehead atoms. The predicted molar refractivity (Wildman–Crippen MR) is 87.4 cm³/mol. The second-order valence-electron chi connectivity index (χ2n) is 7.52. The van der Waals surface area contributed by atoms with Crippen LogP contribution in [0.3, 0.4) is 0 Å². The van der Waals surface area contributed by atoms with Gasteiger partial charge in [0.25, 0.3) is 5.91 Å². The van der Waals surface area contributed by atoms with Gasteiger partial charge in [-0.1, -0.05) is 32.9 Å². The third-order valence-electron chi connectivity index (χ3n) is 4.83. The van der Waals surface area contributed by atoms with Gasteiger partial charge in [-0.15, -0.1) is 0 Å². The molecule has 0 atom stereocenters. The van der Waals surface area contributed by atoms with Gasteiger partial charge in [-0.3, -0.25) is 9.59 Å². The van der Waals surface area contributed by atoms with Crippen LogP contribution >= 0.6 is 0 Å². The number of rotatable bonds is 3. The first-order valence-electron chi connectivity index (χ1n) is 8.09. The molecule has 2 aliphatic heterocycles. The summed E-state index contributed by atoms with van der Waals surface area (Å²) in [5.41, 5.74) is 1.74. The summed E-state index contributed by atoms with van der Waals surface area (Å²) in [7, 11) is 0. The quantitative estimate of drug-likeness (QED) is 0.923. The molecule has 1 aromatic carbocycles. The van der Waals surface area contributed by atoms with Gasteiger partial charge < -0.3 is 15.0 Å². The number of nitrogens with zero attached hydrogens (tertiary/aromatic N) is 1. The minimum absolute atomic E-state index is 0.0285. The number of ether oxygens (including phenoxy) is 1. The highest BCUT2D eigenvalue weighted by Crippen LogP contribution is 2.37. The van der Waals surface area contributed by atoms with E-state index in [2.05, 4.69) is 26.1 Å². The maximum atomic E-state index is 12.2. The number of amides is 2.